The minimum absolute atomic E-state index is 0.302. The van der Waals surface area contributed by atoms with E-state index >= 15 is 0 Å². The summed E-state index contributed by atoms with van der Waals surface area (Å²) in [4.78, 5) is 24.1. The highest BCUT2D eigenvalue weighted by Gasteiger charge is 2.18. The molecule has 6 heteroatoms. The number of benzene rings is 2. The number of halogens is 2. The second-order valence-corrected chi connectivity index (χ2v) is 6.34. The van der Waals surface area contributed by atoms with Crippen LogP contribution in [-0.2, 0) is 0 Å². The van der Waals surface area contributed by atoms with Crippen molar-refractivity contribution in [1.29, 1.82) is 0 Å². The lowest BCUT2D eigenvalue weighted by molar-refractivity contribution is 0.102. The number of aldehydes is 1. The second-order valence-electron chi connectivity index (χ2n) is 5.46. The first-order valence-corrected chi connectivity index (χ1v) is 8.25. The summed E-state index contributed by atoms with van der Waals surface area (Å²) in [6.45, 7) is 1.78. The first-order chi connectivity index (χ1) is 12.0. The Labute approximate surface area is 155 Å². The molecule has 1 heterocycles. The second kappa shape index (κ2) is 7.13. The van der Waals surface area contributed by atoms with E-state index in [-0.39, 0.29) is 5.91 Å². The van der Waals surface area contributed by atoms with E-state index in [1.165, 1.54) is 0 Å². The van der Waals surface area contributed by atoms with Gasteiger partial charge in [-0.2, -0.15) is 0 Å². The Balaban J connectivity index is 1.98. The molecule has 2 aromatic carbocycles. The Bertz CT molecular complexity index is 947. The van der Waals surface area contributed by atoms with Gasteiger partial charge in [-0.3, -0.25) is 9.59 Å². The maximum Gasteiger partial charge on any atom is 0.257 e. The van der Waals surface area contributed by atoms with Crippen molar-refractivity contribution < 1.29 is 9.59 Å². The molecular formula is C19H14Cl2N2O2. The van der Waals surface area contributed by atoms with Gasteiger partial charge in [-0.25, -0.2) is 0 Å². The Hall–Kier alpha value is -2.56. The molecule has 4 nitrogen and oxygen atoms in total. The van der Waals surface area contributed by atoms with Gasteiger partial charge >= 0.3 is 0 Å². The van der Waals surface area contributed by atoms with E-state index in [2.05, 4.69) is 5.32 Å². The normalized spacial score (nSPS) is 10.5. The molecule has 0 unspecified atom stereocenters. The van der Waals surface area contributed by atoms with E-state index in [0.29, 0.717) is 39.0 Å². The predicted octanol–water partition coefficient (Wildman–Crippen LogP) is 5.16. The molecule has 0 aliphatic carbocycles. The lowest BCUT2D eigenvalue weighted by Gasteiger charge is -2.10. The molecule has 3 rings (SSSR count). The van der Waals surface area contributed by atoms with Gasteiger partial charge in [-0.05, 0) is 55.5 Å². The van der Waals surface area contributed by atoms with Crippen molar-refractivity contribution in [2.24, 2.45) is 0 Å². The number of nitrogens with one attached hydrogen (secondary N) is 1. The summed E-state index contributed by atoms with van der Waals surface area (Å²) in [6, 6.07) is 15.5. The van der Waals surface area contributed by atoms with E-state index in [1.54, 1.807) is 60.0 Å². The van der Waals surface area contributed by atoms with Gasteiger partial charge in [0.1, 0.15) is 0 Å². The van der Waals surface area contributed by atoms with Crippen LogP contribution in [0.3, 0.4) is 0 Å². The van der Waals surface area contributed by atoms with Crippen LogP contribution in [0.4, 0.5) is 5.69 Å². The highest BCUT2D eigenvalue weighted by atomic mass is 35.5. The maximum absolute atomic E-state index is 12.6. The smallest absolute Gasteiger partial charge is 0.257 e. The molecule has 0 radical (unpaired) electrons. The highest BCUT2D eigenvalue weighted by Crippen LogP contribution is 2.24. The van der Waals surface area contributed by atoms with Gasteiger partial charge in [0.2, 0.25) is 0 Å². The Morgan fingerprint density at radius 1 is 1.04 bits per heavy atom. The number of amides is 1. The maximum atomic E-state index is 12.6. The first-order valence-electron chi connectivity index (χ1n) is 7.50. The Kier molecular flexibility index (Phi) is 4.93. The summed E-state index contributed by atoms with van der Waals surface area (Å²) in [5, 5.41) is 3.94. The number of hydrogen-bond acceptors (Lipinski definition) is 2. The van der Waals surface area contributed by atoms with Gasteiger partial charge in [-0.15, -0.1) is 0 Å². The average molecular weight is 373 g/mol. The molecule has 126 valence electrons. The number of aromatic nitrogens is 1. The topological polar surface area (TPSA) is 51.1 Å². The number of nitrogens with zero attached hydrogens (tertiary/aromatic N) is 1. The van der Waals surface area contributed by atoms with Crippen molar-refractivity contribution in [2.45, 2.75) is 6.92 Å². The third-order valence-corrected chi connectivity index (χ3v) is 4.30. The highest BCUT2D eigenvalue weighted by molar-refractivity contribution is 6.31. The third-order valence-electron chi connectivity index (χ3n) is 3.81. The molecule has 0 atom stereocenters. The van der Waals surface area contributed by atoms with Gasteiger partial charge in [-0.1, -0.05) is 29.3 Å². The summed E-state index contributed by atoms with van der Waals surface area (Å²) < 4.78 is 1.70. The molecule has 0 bridgehead atoms. The molecule has 1 aromatic heterocycles. The molecule has 0 saturated carbocycles. The molecule has 25 heavy (non-hydrogen) atoms. The average Bonchev–Trinajstić information content (AvgIpc) is 2.93. The van der Waals surface area contributed by atoms with Crippen molar-refractivity contribution in [3.05, 3.63) is 81.6 Å². The number of carbonyl (C=O) groups is 2. The zero-order valence-electron chi connectivity index (χ0n) is 13.3. The fourth-order valence-electron chi connectivity index (χ4n) is 2.64. The number of anilines is 1. The molecule has 0 fully saturated rings. The van der Waals surface area contributed by atoms with E-state index in [1.807, 2.05) is 6.07 Å². The monoisotopic (exact) mass is 372 g/mol. The van der Waals surface area contributed by atoms with Crippen molar-refractivity contribution in [1.82, 2.24) is 4.57 Å². The molecular weight excluding hydrogens is 359 g/mol. The number of rotatable bonds is 4. The summed E-state index contributed by atoms with van der Waals surface area (Å²) in [7, 11) is 0. The summed E-state index contributed by atoms with van der Waals surface area (Å²) in [5.74, 6) is -0.302. The van der Waals surface area contributed by atoms with Crippen LogP contribution >= 0.6 is 23.2 Å². The van der Waals surface area contributed by atoms with Crippen LogP contribution in [0.1, 0.15) is 26.5 Å². The largest absolute Gasteiger partial charge is 0.322 e. The predicted molar refractivity (Wildman–Crippen MR) is 100 cm³/mol. The van der Waals surface area contributed by atoms with Crippen LogP contribution in [0.25, 0.3) is 5.69 Å². The SMILES string of the molecule is Cc1c(C(=O)Nc2ccc(Cl)cc2)cc(C=O)n1-c1cccc(Cl)c1. The fraction of sp³-hybridized carbons (Fsp3) is 0.0526. The van der Waals surface area contributed by atoms with Crippen LogP contribution in [0.2, 0.25) is 10.0 Å². The molecule has 1 amide bonds. The van der Waals surface area contributed by atoms with Crippen LogP contribution < -0.4 is 5.32 Å². The number of carbonyl (C=O) groups excluding carboxylic acids is 2. The lowest BCUT2D eigenvalue weighted by atomic mass is 10.2. The van der Waals surface area contributed by atoms with Gasteiger partial charge in [0.25, 0.3) is 5.91 Å². The third kappa shape index (κ3) is 3.60. The fourth-order valence-corrected chi connectivity index (χ4v) is 2.95. The molecule has 3 aromatic rings. The van der Waals surface area contributed by atoms with E-state index in [9.17, 15) is 9.59 Å². The van der Waals surface area contributed by atoms with Gasteiger partial charge < -0.3 is 9.88 Å². The summed E-state index contributed by atoms with van der Waals surface area (Å²) in [5.41, 5.74) is 2.78. The first kappa shape index (κ1) is 17.3. The molecule has 0 saturated heterocycles. The van der Waals surface area contributed by atoms with Crippen LogP contribution in [0, 0.1) is 6.92 Å². The lowest BCUT2D eigenvalue weighted by Crippen LogP contribution is -2.13. The minimum Gasteiger partial charge on any atom is -0.322 e. The van der Waals surface area contributed by atoms with Gasteiger partial charge in [0.05, 0.1) is 11.3 Å². The van der Waals surface area contributed by atoms with Crippen LogP contribution in [0.15, 0.2) is 54.6 Å². The van der Waals surface area contributed by atoms with E-state index < -0.39 is 0 Å². The zero-order valence-corrected chi connectivity index (χ0v) is 14.8. The summed E-state index contributed by atoms with van der Waals surface area (Å²) in [6.07, 6.45) is 0.715. The Morgan fingerprint density at radius 3 is 2.40 bits per heavy atom. The summed E-state index contributed by atoms with van der Waals surface area (Å²) >= 11 is 11.9. The minimum atomic E-state index is -0.302. The number of hydrogen-bond donors (Lipinski definition) is 1. The molecule has 0 aliphatic rings. The molecule has 0 aliphatic heterocycles. The van der Waals surface area contributed by atoms with Crippen molar-refractivity contribution in [2.75, 3.05) is 5.32 Å². The Morgan fingerprint density at radius 2 is 1.76 bits per heavy atom. The van der Waals surface area contributed by atoms with Gasteiger partial charge in [0.15, 0.2) is 6.29 Å². The van der Waals surface area contributed by atoms with Crippen LogP contribution in [0.5, 0.6) is 0 Å². The van der Waals surface area contributed by atoms with Crippen molar-refractivity contribution in [3.63, 3.8) is 0 Å². The standard InChI is InChI=1S/C19H14Cl2N2O2/c1-12-18(19(25)22-15-7-5-13(20)6-8-15)10-17(11-24)23(12)16-4-2-3-14(21)9-16/h2-11H,1H3,(H,22,25). The quantitative estimate of drug-likeness (QED) is 0.643. The van der Waals surface area contributed by atoms with Crippen molar-refractivity contribution in [3.8, 4) is 5.69 Å². The van der Waals surface area contributed by atoms with Crippen molar-refractivity contribution >= 4 is 41.1 Å². The molecule has 1 N–H and O–H groups in total. The van der Waals surface area contributed by atoms with Gasteiger partial charge in [0, 0.05) is 27.1 Å². The van der Waals surface area contributed by atoms with Crippen LogP contribution in [-0.4, -0.2) is 16.8 Å². The van der Waals surface area contributed by atoms with E-state index in [4.69, 9.17) is 23.2 Å². The zero-order chi connectivity index (χ0) is 18.0. The molecule has 0 spiro atoms. The van der Waals surface area contributed by atoms with E-state index in [0.717, 1.165) is 5.69 Å².